The number of halogens is 3. The molecule has 1 atom stereocenters. The van der Waals surface area contributed by atoms with Gasteiger partial charge < -0.3 is 24.4 Å². The van der Waals surface area contributed by atoms with Gasteiger partial charge in [0.25, 0.3) is 11.8 Å². The Morgan fingerprint density at radius 2 is 1.51 bits per heavy atom. The van der Waals surface area contributed by atoms with Crippen LogP contribution in [-0.2, 0) is 9.59 Å². The van der Waals surface area contributed by atoms with E-state index in [9.17, 15) is 14.4 Å². The molecule has 1 unspecified atom stereocenters. The lowest BCUT2D eigenvalue weighted by atomic mass is 9.72. The first-order valence-electron chi connectivity index (χ1n) is 13.1. The Morgan fingerprint density at radius 1 is 0.949 bits per heavy atom. The lowest BCUT2D eigenvalue weighted by molar-refractivity contribution is -0.191. The van der Waals surface area contributed by atoms with E-state index < -0.39 is 46.3 Å². The molecular formula is C28H35F3N2O6. The number of rotatable bonds is 6. The van der Waals surface area contributed by atoms with Crippen molar-refractivity contribution in [1.82, 2.24) is 10.2 Å². The molecule has 1 aromatic rings. The maximum atomic E-state index is 15.2. The zero-order chi connectivity index (χ0) is 28.8. The molecule has 2 amide bonds. The van der Waals surface area contributed by atoms with Gasteiger partial charge in [0.1, 0.15) is 0 Å². The van der Waals surface area contributed by atoms with Crippen molar-refractivity contribution >= 4 is 17.6 Å². The maximum Gasteiger partial charge on any atom is 0.425 e. The van der Waals surface area contributed by atoms with Gasteiger partial charge in [-0.15, -0.1) is 0 Å². The maximum absolute atomic E-state index is 15.2. The highest BCUT2D eigenvalue weighted by atomic mass is 19.4. The molecule has 2 aliphatic carbocycles. The molecular weight excluding hydrogens is 517 g/mol. The summed E-state index contributed by atoms with van der Waals surface area (Å²) in [6.07, 6.45) is -0.871. The number of carbonyl (C=O) groups excluding carboxylic acids is 3. The summed E-state index contributed by atoms with van der Waals surface area (Å²) in [5, 5.41) is 1.99. The van der Waals surface area contributed by atoms with Gasteiger partial charge in [-0.05, 0) is 36.8 Å². The highest BCUT2D eigenvalue weighted by molar-refractivity contribution is 6.14. The normalized spacial score (nSPS) is 23.8. The molecule has 0 radical (unpaired) electrons. The Hall–Kier alpha value is -3.24. The molecule has 1 fully saturated rings. The van der Waals surface area contributed by atoms with Crippen LogP contribution < -0.4 is 19.5 Å². The van der Waals surface area contributed by atoms with E-state index >= 15 is 13.2 Å². The van der Waals surface area contributed by atoms with Crippen molar-refractivity contribution in [3.8, 4) is 17.2 Å². The van der Waals surface area contributed by atoms with E-state index in [1.807, 2.05) is 5.32 Å². The molecule has 1 aliphatic heterocycles. The summed E-state index contributed by atoms with van der Waals surface area (Å²) in [4.78, 5) is 42.2. The molecule has 1 N–H and O–H groups in total. The molecule has 0 bridgehead atoms. The topological polar surface area (TPSA) is 94.2 Å². The predicted octanol–water partition coefficient (Wildman–Crippen LogP) is 4.95. The van der Waals surface area contributed by atoms with Crippen LogP contribution in [-0.4, -0.2) is 61.6 Å². The molecule has 11 heteroatoms. The molecule has 0 spiro atoms. The van der Waals surface area contributed by atoms with Gasteiger partial charge in [-0.25, -0.2) is 0 Å². The van der Waals surface area contributed by atoms with Gasteiger partial charge in [0.05, 0.1) is 26.9 Å². The molecule has 3 aliphatic rings. The van der Waals surface area contributed by atoms with Crippen LogP contribution >= 0.6 is 0 Å². The number of carbonyl (C=O) groups is 3. The molecule has 4 rings (SSSR count). The highest BCUT2D eigenvalue weighted by Crippen LogP contribution is 2.53. The van der Waals surface area contributed by atoms with Crippen LogP contribution in [0, 0.1) is 5.41 Å². The second kappa shape index (κ2) is 10.4. The summed E-state index contributed by atoms with van der Waals surface area (Å²) in [5.74, 6) is -3.06. The number of benzene rings is 1. The fraction of sp³-hybridized carbons (Fsp3) is 0.607. The molecule has 1 aromatic carbocycles. The zero-order valence-electron chi connectivity index (χ0n) is 22.9. The Kier molecular flexibility index (Phi) is 7.66. The van der Waals surface area contributed by atoms with Crippen LogP contribution in [0.5, 0.6) is 17.2 Å². The predicted molar refractivity (Wildman–Crippen MR) is 136 cm³/mol. The van der Waals surface area contributed by atoms with E-state index in [0.717, 1.165) is 25.7 Å². The third kappa shape index (κ3) is 4.84. The fourth-order valence-corrected chi connectivity index (χ4v) is 6.14. The first-order valence-corrected chi connectivity index (χ1v) is 13.1. The fourth-order valence-electron chi connectivity index (χ4n) is 6.14. The molecule has 39 heavy (non-hydrogen) atoms. The quantitative estimate of drug-likeness (QED) is 0.502. The van der Waals surface area contributed by atoms with Crippen molar-refractivity contribution in [3.63, 3.8) is 0 Å². The van der Waals surface area contributed by atoms with Gasteiger partial charge in [0.2, 0.25) is 11.3 Å². The van der Waals surface area contributed by atoms with E-state index in [0.29, 0.717) is 12.8 Å². The van der Waals surface area contributed by atoms with Gasteiger partial charge in [-0.1, -0.05) is 39.5 Å². The van der Waals surface area contributed by atoms with Crippen LogP contribution in [0.4, 0.5) is 13.2 Å². The number of amides is 2. The van der Waals surface area contributed by atoms with Gasteiger partial charge in [-0.3, -0.25) is 14.4 Å². The number of hydrogen-bond acceptors (Lipinski definition) is 6. The molecule has 8 nitrogen and oxygen atoms in total. The summed E-state index contributed by atoms with van der Waals surface area (Å²) < 4.78 is 61.3. The first kappa shape index (κ1) is 28.8. The second-order valence-corrected chi connectivity index (χ2v) is 11.2. The highest BCUT2D eigenvalue weighted by Gasteiger charge is 2.72. The molecule has 0 saturated heterocycles. The van der Waals surface area contributed by atoms with Crippen molar-refractivity contribution in [3.05, 3.63) is 29.0 Å². The van der Waals surface area contributed by atoms with E-state index in [1.165, 1.54) is 38.4 Å². The largest absolute Gasteiger partial charge is 0.493 e. The lowest BCUT2D eigenvalue weighted by Crippen LogP contribution is -2.66. The second-order valence-electron chi connectivity index (χ2n) is 11.2. The van der Waals surface area contributed by atoms with Crippen molar-refractivity contribution in [1.29, 1.82) is 0 Å². The summed E-state index contributed by atoms with van der Waals surface area (Å²) in [5.41, 5.74) is -4.97. The Morgan fingerprint density at radius 3 is 2.00 bits per heavy atom. The number of hydrogen-bond donors (Lipinski definition) is 1. The van der Waals surface area contributed by atoms with E-state index in [1.54, 1.807) is 13.8 Å². The van der Waals surface area contributed by atoms with Gasteiger partial charge in [0.15, 0.2) is 17.3 Å². The average molecular weight is 553 g/mol. The zero-order valence-corrected chi connectivity index (χ0v) is 22.9. The average Bonchev–Trinajstić information content (AvgIpc) is 3.01. The minimum Gasteiger partial charge on any atom is -0.493 e. The lowest BCUT2D eigenvalue weighted by Gasteiger charge is -2.36. The van der Waals surface area contributed by atoms with Crippen LogP contribution in [0.2, 0.25) is 0 Å². The number of allylic oxidation sites excluding steroid dienone is 1. The number of Topliss-reactive ketones (excluding diaryl/α,β-unsaturated/α-hetero) is 1. The summed E-state index contributed by atoms with van der Waals surface area (Å²) in [6, 6.07) is 1.92. The van der Waals surface area contributed by atoms with Gasteiger partial charge in [0, 0.05) is 23.7 Å². The Balaban J connectivity index is 1.87. The van der Waals surface area contributed by atoms with Crippen LogP contribution in [0.15, 0.2) is 23.4 Å². The number of ketones is 1. The minimum absolute atomic E-state index is 0.0521. The van der Waals surface area contributed by atoms with Crippen molar-refractivity contribution < 1.29 is 41.8 Å². The molecule has 214 valence electrons. The third-order valence-electron chi connectivity index (χ3n) is 7.90. The van der Waals surface area contributed by atoms with Gasteiger partial charge >= 0.3 is 6.18 Å². The molecule has 0 aromatic heterocycles. The van der Waals surface area contributed by atoms with E-state index in [2.05, 4.69) is 0 Å². The van der Waals surface area contributed by atoms with Crippen molar-refractivity contribution in [2.24, 2.45) is 5.41 Å². The molecule has 1 heterocycles. The van der Waals surface area contributed by atoms with Crippen LogP contribution in [0.25, 0.3) is 0 Å². The number of nitrogens with zero attached hydrogens (tertiary/aromatic N) is 1. The number of alkyl halides is 3. The standard InChI is InChI=1S/C28H35F3N2O6/c1-26(2)14-18-22(19(34)15-26)27(28(29,30)31,25(36)33(18)17-10-8-6-7-9-11-17)32-24(35)16-12-20(37-3)23(39-5)21(13-16)38-4/h12-13,17H,6-11,14-15H2,1-5H3,(H,32,35). The van der Waals surface area contributed by atoms with Crippen LogP contribution in [0.1, 0.15) is 75.6 Å². The van der Waals surface area contributed by atoms with E-state index in [-0.39, 0.29) is 41.4 Å². The number of nitrogens with one attached hydrogen (secondary N) is 1. The Bertz CT molecular complexity index is 1180. The minimum atomic E-state index is -5.28. The third-order valence-corrected chi connectivity index (χ3v) is 7.90. The number of ether oxygens (including phenoxy) is 3. The Labute approximate surface area is 225 Å². The number of methoxy groups -OCH3 is 3. The SMILES string of the molecule is COc1cc(C(=O)NC2(C(F)(F)F)C(=O)N(C3CCCCCC3)C3=C2C(=O)CC(C)(C)C3)cc(OC)c1OC. The monoisotopic (exact) mass is 552 g/mol. The summed E-state index contributed by atoms with van der Waals surface area (Å²) in [6.45, 7) is 3.60. The van der Waals surface area contributed by atoms with Crippen LogP contribution in [0.3, 0.4) is 0 Å². The molecule has 1 saturated carbocycles. The van der Waals surface area contributed by atoms with Gasteiger partial charge in [-0.2, -0.15) is 13.2 Å². The summed E-state index contributed by atoms with van der Waals surface area (Å²) >= 11 is 0. The smallest absolute Gasteiger partial charge is 0.425 e. The summed E-state index contributed by atoms with van der Waals surface area (Å²) in [7, 11) is 3.96. The van der Waals surface area contributed by atoms with Crippen molar-refractivity contribution in [2.45, 2.75) is 83.0 Å². The first-order chi connectivity index (χ1) is 18.3. The van der Waals surface area contributed by atoms with Crippen molar-refractivity contribution in [2.75, 3.05) is 21.3 Å². The van der Waals surface area contributed by atoms with E-state index in [4.69, 9.17) is 14.2 Å².